The van der Waals surface area contributed by atoms with E-state index >= 15 is 0 Å². The van der Waals surface area contributed by atoms with E-state index in [2.05, 4.69) is 23.7 Å². The Hall–Kier alpha value is -2.15. The summed E-state index contributed by atoms with van der Waals surface area (Å²) in [5, 5.41) is 0. The lowest BCUT2D eigenvalue weighted by atomic mass is 9.86. The SMILES string of the molecule is CC(C)N1CCC2=C(CN=C2C(=O)N2CCC(c3ccccc3C(F)(F)F)CC2)C1. The first-order chi connectivity index (χ1) is 14.3. The molecule has 0 unspecified atom stereocenters. The minimum absolute atomic E-state index is 0.0550. The molecule has 7 heteroatoms. The number of halogens is 3. The van der Waals surface area contributed by atoms with E-state index in [1.807, 2.05) is 0 Å². The first kappa shape index (κ1) is 21.1. The van der Waals surface area contributed by atoms with Gasteiger partial charge in [0.15, 0.2) is 0 Å². The second kappa shape index (κ2) is 8.17. The standard InChI is InChI=1S/C23H28F3N3O/c1-15(2)29-12-9-19-17(14-29)13-27-21(19)22(30)28-10-7-16(8-11-28)18-5-3-4-6-20(18)23(24,25)26/h3-6,15-16H,7-14H2,1-2H3. The Morgan fingerprint density at radius 2 is 1.83 bits per heavy atom. The van der Waals surface area contributed by atoms with E-state index in [1.54, 1.807) is 17.0 Å². The highest BCUT2D eigenvalue weighted by molar-refractivity contribution is 6.46. The molecule has 4 rings (SSSR count). The van der Waals surface area contributed by atoms with Crippen molar-refractivity contribution in [3.63, 3.8) is 0 Å². The summed E-state index contributed by atoms with van der Waals surface area (Å²) in [6.45, 7) is 7.67. The monoisotopic (exact) mass is 419 g/mol. The fraction of sp³-hybridized carbons (Fsp3) is 0.565. The molecule has 3 heterocycles. The van der Waals surface area contributed by atoms with Crippen LogP contribution in [-0.2, 0) is 11.0 Å². The quantitative estimate of drug-likeness (QED) is 0.733. The number of piperidine rings is 1. The smallest absolute Gasteiger partial charge is 0.337 e. The van der Waals surface area contributed by atoms with Crippen molar-refractivity contribution in [2.45, 2.75) is 51.2 Å². The van der Waals surface area contributed by atoms with Crippen molar-refractivity contribution in [2.75, 3.05) is 32.7 Å². The van der Waals surface area contributed by atoms with Crippen molar-refractivity contribution in [2.24, 2.45) is 4.99 Å². The maximum atomic E-state index is 13.4. The van der Waals surface area contributed by atoms with Crippen molar-refractivity contribution < 1.29 is 18.0 Å². The molecule has 0 bridgehead atoms. The molecule has 30 heavy (non-hydrogen) atoms. The van der Waals surface area contributed by atoms with Crippen LogP contribution in [0.25, 0.3) is 0 Å². The van der Waals surface area contributed by atoms with Crippen LogP contribution in [0.15, 0.2) is 40.4 Å². The third-order valence-electron chi connectivity index (χ3n) is 6.60. The zero-order valence-corrected chi connectivity index (χ0v) is 17.5. The van der Waals surface area contributed by atoms with Crippen LogP contribution in [0.1, 0.15) is 50.2 Å². The Morgan fingerprint density at radius 3 is 2.50 bits per heavy atom. The van der Waals surface area contributed by atoms with E-state index in [9.17, 15) is 18.0 Å². The van der Waals surface area contributed by atoms with Crippen LogP contribution in [0.2, 0.25) is 0 Å². The average molecular weight is 419 g/mol. The molecule has 1 aromatic rings. The fourth-order valence-electron chi connectivity index (χ4n) is 4.85. The van der Waals surface area contributed by atoms with Gasteiger partial charge in [-0.25, -0.2) is 0 Å². The number of nitrogens with zero attached hydrogens (tertiary/aromatic N) is 3. The highest BCUT2D eigenvalue weighted by atomic mass is 19.4. The Bertz CT molecular complexity index is 880. The van der Waals surface area contributed by atoms with Gasteiger partial charge in [0.2, 0.25) is 0 Å². The fourth-order valence-corrected chi connectivity index (χ4v) is 4.85. The normalized spacial score (nSPS) is 21.3. The summed E-state index contributed by atoms with van der Waals surface area (Å²) in [6, 6.07) is 6.28. The molecule has 0 spiro atoms. The van der Waals surface area contributed by atoms with Crippen LogP contribution < -0.4 is 0 Å². The number of aliphatic imine (C=N–C) groups is 1. The molecule has 0 saturated carbocycles. The Morgan fingerprint density at radius 1 is 1.13 bits per heavy atom. The molecule has 3 aliphatic rings. The maximum Gasteiger partial charge on any atom is 0.416 e. The number of alkyl halides is 3. The van der Waals surface area contributed by atoms with E-state index in [0.717, 1.165) is 31.1 Å². The molecule has 1 saturated heterocycles. The Kier molecular flexibility index (Phi) is 5.75. The lowest BCUT2D eigenvalue weighted by Gasteiger charge is -2.34. The first-order valence-electron chi connectivity index (χ1n) is 10.7. The van der Waals surface area contributed by atoms with Crippen LogP contribution in [0.3, 0.4) is 0 Å². The van der Waals surface area contributed by atoms with Crippen LogP contribution in [0.5, 0.6) is 0 Å². The highest BCUT2D eigenvalue weighted by Crippen LogP contribution is 2.39. The van der Waals surface area contributed by atoms with Crippen molar-refractivity contribution >= 4 is 11.6 Å². The van der Waals surface area contributed by atoms with Crippen LogP contribution >= 0.6 is 0 Å². The van der Waals surface area contributed by atoms with Gasteiger partial charge in [-0.1, -0.05) is 18.2 Å². The van der Waals surface area contributed by atoms with Crippen LogP contribution in [0, 0.1) is 0 Å². The zero-order valence-electron chi connectivity index (χ0n) is 17.5. The molecule has 0 aromatic heterocycles. The summed E-state index contributed by atoms with van der Waals surface area (Å²) < 4.78 is 40.1. The lowest BCUT2D eigenvalue weighted by molar-refractivity contribution is -0.138. The largest absolute Gasteiger partial charge is 0.416 e. The zero-order chi connectivity index (χ0) is 21.5. The molecule has 0 aliphatic carbocycles. The van der Waals surface area contributed by atoms with Gasteiger partial charge in [0, 0.05) is 32.2 Å². The highest BCUT2D eigenvalue weighted by Gasteiger charge is 2.37. The van der Waals surface area contributed by atoms with Crippen LogP contribution in [0.4, 0.5) is 13.2 Å². The molecular weight excluding hydrogens is 391 g/mol. The third kappa shape index (κ3) is 4.04. The van der Waals surface area contributed by atoms with Gasteiger partial charge >= 0.3 is 6.18 Å². The molecule has 0 radical (unpaired) electrons. The van der Waals surface area contributed by atoms with Crippen molar-refractivity contribution in [1.82, 2.24) is 9.80 Å². The molecule has 162 valence electrons. The average Bonchev–Trinajstić information content (AvgIpc) is 3.16. The van der Waals surface area contributed by atoms with E-state index in [-0.39, 0.29) is 11.8 Å². The summed E-state index contributed by atoms with van der Waals surface area (Å²) in [5.74, 6) is -0.234. The van der Waals surface area contributed by atoms with Gasteiger partial charge in [-0.2, -0.15) is 13.2 Å². The van der Waals surface area contributed by atoms with Gasteiger partial charge < -0.3 is 4.90 Å². The topological polar surface area (TPSA) is 35.9 Å². The van der Waals surface area contributed by atoms with Gasteiger partial charge in [0.1, 0.15) is 5.71 Å². The molecule has 4 nitrogen and oxygen atoms in total. The molecule has 1 fully saturated rings. The minimum Gasteiger partial charge on any atom is -0.337 e. The first-order valence-corrected chi connectivity index (χ1v) is 10.7. The number of benzene rings is 1. The molecule has 3 aliphatic heterocycles. The summed E-state index contributed by atoms with van der Waals surface area (Å²) in [7, 11) is 0. The number of rotatable bonds is 3. The predicted octanol–water partition coefficient (Wildman–Crippen LogP) is 4.28. The van der Waals surface area contributed by atoms with E-state index in [4.69, 9.17) is 0 Å². The number of carbonyl (C=O) groups is 1. The molecule has 1 aromatic carbocycles. The molecule has 0 N–H and O–H groups in total. The number of amides is 1. The van der Waals surface area contributed by atoms with Gasteiger partial charge in [-0.15, -0.1) is 0 Å². The lowest BCUT2D eigenvalue weighted by Crippen LogP contribution is -2.43. The predicted molar refractivity (Wildman–Crippen MR) is 111 cm³/mol. The maximum absolute atomic E-state index is 13.4. The summed E-state index contributed by atoms with van der Waals surface area (Å²) in [5.41, 5.74) is 2.72. The minimum atomic E-state index is -4.35. The second-order valence-corrected chi connectivity index (χ2v) is 8.71. The molecule has 0 atom stereocenters. The Labute approximate surface area is 175 Å². The summed E-state index contributed by atoms with van der Waals surface area (Å²) in [4.78, 5) is 21.8. The molecular formula is C23H28F3N3O. The van der Waals surface area contributed by atoms with Gasteiger partial charge in [0.25, 0.3) is 5.91 Å². The number of hydrogen-bond donors (Lipinski definition) is 0. The summed E-state index contributed by atoms with van der Waals surface area (Å²) >= 11 is 0. The number of carbonyl (C=O) groups excluding carboxylic acids is 1. The van der Waals surface area contributed by atoms with Gasteiger partial charge in [-0.3, -0.25) is 14.7 Å². The molecule has 1 amide bonds. The van der Waals surface area contributed by atoms with Crippen LogP contribution in [-0.4, -0.2) is 60.2 Å². The van der Waals surface area contributed by atoms with E-state index < -0.39 is 11.7 Å². The second-order valence-electron chi connectivity index (χ2n) is 8.71. The van der Waals surface area contributed by atoms with E-state index in [1.165, 1.54) is 11.6 Å². The van der Waals surface area contributed by atoms with Crippen molar-refractivity contribution in [3.8, 4) is 0 Å². The van der Waals surface area contributed by atoms with Gasteiger partial charge in [0.05, 0.1) is 12.1 Å². The number of hydrogen-bond acceptors (Lipinski definition) is 3. The number of likely N-dealkylation sites (tertiary alicyclic amines) is 1. The van der Waals surface area contributed by atoms with E-state index in [0.29, 0.717) is 49.8 Å². The van der Waals surface area contributed by atoms with Gasteiger partial charge in [-0.05, 0) is 61.8 Å². The Balaban J connectivity index is 1.42. The van der Waals surface area contributed by atoms with Crippen molar-refractivity contribution in [1.29, 1.82) is 0 Å². The third-order valence-corrected chi connectivity index (χ3v) is 6.60. The van der Waals surface area contributed by atoms with Crippen molar-refractivity contribution in [3.05, 3.63) is 46.5 Å². The summed E-state index contributed by atoms with van der Waals surface area (Å²) in [6.07, 6.45) is -2.43.